The van der Waals surface area contributed by atoms with Crippen molar-refractivity contribution < 1.29 is 19.5 Å². The molecule has 3 amide bonds. The Kier molecular flexibility index (Phi) is 5.73. The number of nitrogens with zero attached hydrogens (tertiary/aromatic N) is 3. The molecule has 0 unspecified atom stereocenters. The second-order valence-corrected chi connectivity index (χ2v) is 9.78. The summed E-state index contributed by atoms with van der Waals surface area (Å²) in [7, 11) is 0. The van der Waals surface area contributed by atoms with Crippen LogP contribution in [0.1, 0.15) is 51.3 Å². The zero-order valence-electron chi connectivity index (χ0n) is 17.9. The second kappa shape index (κ2) is 8.67. The molecule has 1 N–H and O–H groups in total. The number of likely N-dealkylation sites (tertiary alicyclic amines) is 1. The van der Waals surface area contributed by atoms with Crippen LogP contribution in [0.15, 0.2) is 35.7 Å². The third kappa shape index (κ3) is 3.61. The Morgan fingerprint density at radius 3 is 2.56 bits per heavy atom. The summed E-state index contributed by atoms with van der Waals surface area (Å²) in [6.45, 7) is 2.38. The Balaban J connectivity index is 1.30. The largest absolute Gasteiger partial charge is 0.394 e. The summed E-state index contributed by atoms with van der Waals surface area (Å²) in [5.74, 6) is -0.389. The number of thiophene rings is 1. The molecule has 2 aromatic rings. The van der Waals surface area contributed by atoms with E-state index in [0.29, 0.717) is 43.6 Å². The number of rotatable bonds is 5. The summed E-state index contributed by atoms with van der Waals surface area (Å²) < 4.78 is 0. The fourth-order valence-corrected chi connectivity index (χ4v) is 5.89. The first-order valence-electron chi connectivity index (χ1n) is 11.3. The molecule has 1 atom stereocenters. The van der Waals surface area contributed by atoms with Crippen LogP contribution in [0, 0.1) is 5.92 Å². The number of piperidine rings is 1. The van der Waals surface area contributed by atoms with Crippen molar-refractivity contribution in [3.8, 4) is 0 Å². The first-order chi connectivity index (χ1) is 15.6. The minimum absolute atomic E-state index is 0.0266. The number of hydrogen-bond acceptors (Lipinski definition) is 6. The molecule has 0 aliphatic carbocycles. The van der Waals surface area contributed by atoms with E-state index in [9.17, 15) is 19.5 Å². The molecule has 0 spiro atoms. The van der Waals surface area contributed by atoms with Crippen LogP contribution >= 0.6 is 11.3 Å². The lowest BCUT2D eigenvalue weighted by Gasteiger charge is -2.36. The SMILES string of the molecule is O=C1c2cccc(N3CCC(C(=O)N4CCC[C@H]4CO)CC3)c2C(=O)N1Cc1cccs1. The molecule has 0 saturated carbocycles. The van der Waals surface area contributed by atoms with E-state index in [0.717, 1.165) is 30.0 Å². The van der Waals surface area contributed by atoms with Gasteiger partial charge in [0.15, 0.2) is 0 Å². The number of aliphatic hydroxyl groups is 1. The lowest BCUT2D eigenvalue weighted by molar-refractivity contribution is -0.137. The molecule has 2 fully saturated rings. The second-order valence-electron chi connectivity index (χ2n) is 8.75. The molecule has 4 heterocycles. The maximum Gasteiger partial charge on any atom is 0.264 e. The highest BCUT2D eigenvalue weighted by atomic mass is 32.1. The zero-order chi connectivity index (χ0) is 22.2. The van der Waals surface area contributed by atoms with Crippen LogP contribution in [0.2, 0.25) is 0 Å². The molecule has 1 aromatic carbocycles. The molecule has 0 radical (unpaired) electrons. The average molecular weight is 454 g/mol. The van der Waals surface area contributed by atoms with Crippen LogP contribution in [-0.2, 0) is 11.3 Å². The Hall–Kier alpha value is -2.71. The van der Waals surface area contributed by atoms with Crippen LogP contribution < -0.4 is 4.90 Å². The van der Waals surface area contributed by atoms with Crippen molar-refractivity contribution >= 4 is 34.7 Å². The van der Waals surface area contributed by atoms with Gasteiger partial charge in [0, 0.05) is 30.4 Å². The van der Waals surface area contributed by atoms with Crippen molar-refractivity contribution in [3.05, 3.63) is 51.7 Å². The van der Waals surface area contributed by atoms with Gasteiger partial charge in [-0.15, -0.1) is 11.3 Å². The first kappa shape index (κ1) is 21.2. The van der Waals surface area contributed by atoms with Gasteiger partial charge in [-0.1, -0.05) is 12.1 Å². The highest BCUT2D eigenvalue weighted by Gasteiger charge is 2.40. The van der Waals surface area contributed by atoms with E-state index < -0.39 is 0 Å². The normalized spacial score (nSPS) is 21.5. The zero-order valence-corrected chi connectivity index (χ0v) is 18.7. The number of fused-ring (bicyclic) bond motifs is 1. The highest BCUT2D eigenvalue weighted by Crippen LogP contribution is 2.35. The molecule has 168 valence electrons. The number of amides is 3. The number of imide groups is 1. The van der Waals surface area contributed by atoms with Crippen LogP contribution in [0.25, 0.3) is 0 Å². The number of hydrogen-bond donors (Lipinski definition) is 1. The average Bonchev–Trinajstić information content (AvgIpc) is 3.56. The third-order valence-corrected chi connectivity index (χ3v) is 7.79. The summed E-state index contributed by atoms with van der Waals surface area (Å²) >= 11 is 1.53. The van der Waals surface area contributed by atoms with Gasteiger partial charge in [0.05, 0.1) is 36.0 Å². The van der Waals surface area contributed by atoms with Crippen molar-refractivity contribution in [2.24, 2.45) is 5.92 Å². The van der Waals surface area contributed by atoms with Gasteiger partial charge in [-0.2, -0.15) is 0 Å². The van der Waals surface area contributed by atoms with Gasteiger partial charge in [-0.05, 0) is 49.3 Å². The molecule has 8 heteroatoms. The minimum atomic E-state index is -0.241. The molecule has 3 aliphatic heterocycles. The molecule has 32 heavy (non-hydrogen) atoms. The van der Waals surface area contributed by atoms with Gasteiger partial charge in [0.25, 0.3) is 11.8 Å². The van der Waals surface area contributed by atoms with Gasteiger partial charge in [-0.25, -0.2) is 0 Å². The summed E-state index contributed by atoms with van der Waals surface area (Å²) in [6, 6.07) is 9.27. The van der Waals surface area contributed by atoms with Gasteiger partial charge in [0.2, 0.25) is 5.91 Å². The fraction of sp³-hybridized carbons (Fsp3) is 0.458. The van der Waals surface area contributed by atoms with E-state index in [1.807, 2.05) is 34.5 Å². The maximum atomic E-state index is 13.2. The van der Waals surface area contributed by atoms with Gasteiger partial charge in [-0.3, -0.25) is 19.3 Å². The van der Waals surface area contributed by atoms with Crippen molar-refractivity contribution in [2.75, 3.05) is 31.1 Å². The number of benzene rings is 1. The van der Waals surface area contributed by atoms with Crippen LogP contribution in [0.4, 0.5) is 5.69 Å². The highest BCUT2D eigenvalue weighted by molar-refractivity contribution is 7.09. The summed E-state index contributed by atoms with van der Waals surface area (Å²) in [5, 5.41) is 11.5. The molecular formula is C24H27N3O4S. The molecular weight excluding hydrogens is 426 g/mol. The summed E-state index contributed by atoms with van der Waals surface area (Å²) in [5.41, 5.74) is 1.73. The smallest absolute Gasteiger partial charge is 0.264 e. The number of carbonyl (C=O) groups is 3. The Labute approximate surface area is 191 Å². The van der Waals surface area contributed by atoms with E-state index in [-0.39, 0.29) is 36.3 Å². The van der Waals surface area contributed by atoms with Gasteiger partial charge < -0.3 is 14.9 Å². The minimum Gasteiger partial charge on any atom is -0.394 e. The molecule has 0 bridgehead atoms. The lowest BCUT2D eigenvalue weighted by atomic mass is 9.93. The number of anilines is 1. The van der Waals surface area contributed by atoms with Crippen molar-refractivity contribution in [2.45, 2.75) is 38.3 Å². The van der Waals surface area contributed by atoms with Crippen molar-refractivity contribution in [1.82, 2.24) is 9.80 Å². The predicted molar refractivity (Wildman–Crippen MR) is 122 cm³/mol. The van der Waals surface area contributed by atoms with Crippen molar-refractivity contribution in [3.63, 3.8) is 0 Å². The van der Waals surface area contributed by atoms with Gasteiger partial charge >= 0.3 is 0 Å². The van der Waals surface area contributed by atoms with Crippen LogP contribution in [0.5, 0.6) is 0 Å². The van der Waals surface area contributed by atoms with Crippen molar-refractivity contribution in [1.29, 1.82) is 0 Å². The van der Waals surface area contributed by atoms with E-state index >= 15 is 0 Å². The van der Waals surface area contributed by atoms with Gasteiger partial charge in [0.1, 0.15) is 0 Å². The molecule has 5 rings (SSSR count). The quantitative estimate of drug-likeness (QED) is 0.704. The number of carbonyl (C=O) groups excluding carboxylic acids is 3. The molecule has 1 aromatic heterocycles. The Morgan fingerprint density at radius 2 is 1.84 bits per heavy atom. The standard InChI is InChI=1S/C24H27N3O4S/c28-15-17-4-2-10-26(17)22(29)16-8-11-25(12-9-16)20-7-1-6-19-21(20)24(31)27(23(19)30)14-18-5-3-13-32-18/h1,3,5-7,13,16-17,28H,2,4,8-12,14-15H2/t17-/m0/s1. The van der Waals surface area contributed by atoms with E-state index in [2.05, 4.69) is 4.90 Å². The number of aliphatic hydroxyl groups excluding tert-OH is 1. The monoisotopic (exact) mass is 453 g/mol. The topological polar surface area (TPSA) is 81.2 Å². The Bertz CT molecular complexity index is 1030. The Morgan fingerprint density at radius 1 is 1.03 bits per heavy atom. The predicted octanol–water partition coefficient (Wildman–Crippen LogP) is 2.74. The summed E-state index contributed by atoms with van der Waals surface area (Å²) in [4.78, 5) is 45.4. The third-order valence-electron chi connectivity index (χ3n) is 6.93. The van der Waals surface area contributed by atoms with Crippen LogP contribution in [-0.4, -0.2) is 64.9 Å². The van der Waals surface area contributed by atoms with E-state index in [4.69, 9.17) is 0 Å². The molecule has 2 saturated heterocycles. The fourth-order valence-electron chi connectivity index (χ4n) is 5.20. The maximum absolute atomic E-state index is 13.2. The molecule has 3 aliphatic rings. The molecule has 7 nitrogen and oxygen atoms in total. The van der Waals surface area contributed by atoms with E-state index in [1.165, 1.54) is 16.2 Å². The van der Waals surface area contributed by atoms with Crippen LogP contribution in [0.3, 0.4) is 0 Å². The summed E-state index contributed by atoms with van der Waals surface area (Å²) in [6.07, 6.45) is 3.23. The lowest BCUT2D eigenvalue weighted by Crippen LogP contribution is -2.45. The first-order valence-corrected chi connectivity index (χ1v) is 12.1. The van der Waals surface area contributed by atoms with E-state index in [1.54, 1.807) is 6.07 Å².